The molecule has 1 aliphatic carbocycles. The van der Waals surface area contributed by atoms with Crippen LogP contribution < -0.4 is 4.72 Å². The van der Waals surface area contributed by atoms with E-state index in [0.717, 1.165) is 25.9 Å². The van der Waals surface area contributed by atoms with Crippen LogP contribution in [0.5, 0.6) is 0 Å². The lowest BCUT2D eigenvalue weighted by atomic mass is 10.0. The molecule has 0 aromatic heterocycles. The fraction of sp³-hybridized carbons (Fsp3) is 0.500. The summed E-state index contributed by atoms with van der Waals surface area (Å²) in [6.45, 7) is 1.38. The number of benzene rings is 1. The minimum atomic E-state index is -3.42. The van der Waals surface area contributed by atoms with Crippen LogP contribution in [-0.4, -0.2) is 34.5 Å². The molecule has 0 amide bonds. The number of nitrogens with zero attached hydrogens (tertiary/aromatic N) is 1. The van der Waals surface area contributed by atoms with E-state index >= 15 is 0 Å². The average molecular weight is 294 g/mol. The Morgan fingerprint density at radius 3 is 2.80 bits per heavy atom. The van der Waals surface area contributed by atoms with Gasteiger partial charge in [-0.05, 0) is 36.8 Å². The molecule has 1 saturated carbocycles. The Morgan fingerprint density at radius 2 is 2.10 bits per heavy atom. The van der Waals surface area contributed by atoms with E-state index in [1.807, 2.05) is 6.07 Å². The number of aliphatic imine (C=N–C) groups is 1. The number of hydrogen-bond donors (Lipinski definition) is 1. The first-order chi connectivity index (χ1) is 9.56. The lowest BCUT2D eigenvalue weighted by molar-refractivity contribution is 0.174. The van der Waals surface area contributed by atoms with E-state index in [-0.39, 0.29) is 5.41 Å². The molecular weight excluding hydrogens is 276 g/mol. The highest BCUT2D eigenvalue weighted by Gasteiger charge is 2.42. The number of hydrogen-bond acceptors (Lipinski definition) is 4. The molecular formula is C14H18N2O3S. The number of amidine groups is 1. The van der Waals surface area contributed by atoms with Crippen LogP contribution in [0.4, 0.5) is 0 Å². The van der Waals surface area contributed by atoms with Gasteiger partial charge in [0, 0.05) is 25.8 Å². The standard InChI is InChI=1S/C14H18N2O3S/c1-19-9-8-14(6-7-14)10-15-13-11-4-2-3-5-12(11)20(17,18)16-13/h2-5H,6-10H2,1H3,(H,15,16). The third kappa shape index (κ3) is 2.45. The van der Waals surface area contributed by atoms with Crippen LogP contribution in [0, 0.1) is 5.41 Å². The molecule has 0 spiro atoms. The fourth-order valence-electron chi connectivity index (χ4n) is 2.48. The molecule has 0 saturated heterocycles. The zero-order chi connectivity index (χ0) is 14.2. The van der Waals surface area contributed by atoms with E-state index in [1.54, 1.807) is 25.3 Å². The van der Waals surface area contributed by atoms with Crippen molar-refractivity contribution in [2.75, 3.05) is 20.3 Å². The molecule has 1 N–H and O–H groups in total. The van der Waals surface area contributed by atoms with Crippen molar-refractivity contribution in [1.82, 2.24) is 4.72 Å². The van der Waals surface area contributed by atoms with Gasteiger partial charge in [-0.25, -0.2) is 8.42 Å². The van der Waals surface area contributed by atoms with Crippen molar-refractivity contribution in [3.63, 3.8) is 0 Å². The summed E-state index contributed by atoms with van der Waals surface area (Å²) in [5, 5.41) is 0. The van der Waals surface area contributed by atoms with Gasteiger partial charge in [-0.1, -0.05) is 12.1 Å². The molecule has 5 nitrogen and oxygen atoms in total. The van der Waals surface area contributed by atoms with Crippen LogP contribution in [0.1, 0.15) is 24.8 Å². The predicted molar refractivity (Wildman–Crippen MR) is 76.3 cm³/mol. The summed E-state index contributed by atoms with van der Waals surface area (Å²) in [5.74, 6) is 0.476. The van der Waals surface area contributed by atoms with Crippen molar-refractivity contribution >= 4 is 15.9 Å². The van der Waals surface area contributed by atoms with Gasteiger partial charge in [-0.3, -0.25) is 9.71 Å². The Labute approximate surface area is 119 Å². The Hall–Kier alpha value is -1.40. The Bertz CT molecular complexity index is 648. The fourth-order valence-corrected chi connectivity index (χ4v) is 3.73. The number of methoxy groups -OCH3 is 1. The van der Waals surface area contributed by atoms with Gasteiger partial charge in [0.15, 0.2) is 0 Å². The Kier molecular flexibility index (Phi) is 3.30. The molecule has 1 aromatic carbocycles. The van der Waals surface area contributed by atoms with Crippen molar-refractivity contribution in [1.29, 1.82) is 0 Å². The van der Waals surface area contributed by atoms with E-state index in [2.05, 4.69) is 9.71 Å². The van der Waals surface area contributed by atoms with Crippen molar-refractivity contribution < 1.29 is 13.2 Å². The summed E-state index contributed by atoms with van der Waals surface area (Å²) < 4.78 is 31.6. The van der Waals surface area contributed by atoms with Crippen LogP contribution in [-0.2, 0) is 14.8 Å². The van der Waals surface area contributed by atoms with Crippen molar-refractivity contribution in [3.05, 3.63) is 29.8 Å². The zero-order valence-electron chi connectivity index (χ0n) is 11.4. The Balaban J connectivity index is 1.81. The summed E-state index contributed by atoms with van der Waals surface area (Å²) in [4.78, 5) is 4.84. The Morgan fingerprint density at radius 1 is 1.35 bits per heavy atom. The topological polar surface area (TPSA) is 67.8 Å². The molecule has 1 fully saturated rings. The van der Waals surface area contributed by atoms with Gasteiger partial charge in [0.2, 0.25) is 0 Å². The molecule has 2 aliphatic rings. The molecule has 20 heavy (non-hydrogen) atoms. The second kappa shape index (κ2) is 4.86. The lowest BCUT2D eigenvalue weighted by Gasteiger charge is -2.11. The zero-order valence-corrected chi connectivity index (χ0v) is 12.2. The third-order valence-corrected chi connectivity index (χ3v) is 5.43. The van der Waals surface area contributed by atoms with Crippen LogP contribution in [0.2, 0.25) is 0 Å². The van der Waals surface area contributed by atoms with Crippen LogP contribution in [0.15, 0.2) is 34.2 Å². The number of sulfonamides is 1. The number of nitrogens with one attached hydrogen (secondary N) is 1. The second-order valence-corrected chi connectivity index (χ2v) is 7.16. The summed E-state index contributed by atoms with van der Waals surface area (Å²) in [6, 6.07) is 6.95. The normalized spacial score (nSPS) is 23.4. The van der Waals surface area contributed by atoms with E-state index in [0.29, 0.717) is 22.8 Å². The number of fused-ring (bicyclic) bond motifs is 1. The van der Waals surface area contributed by atoms with Crippen LogP contribution in [0.3, 0.4) is 0 Å². The van der Waals surface area contributed by atoms with Crippen molar-refractivity contribution in [3.8, 4) is 0 Å². The highest BCUT2D eigenvalue weighted by Crippen LogP contribution is 2.49. The minimum Gasteiger partial charge on any atom is -0.385 e. The smallest absolute Gasteiger partial charge is 0.263 e. The second-order valence-electron chi connectivity index (χ2n) is 5.51. The molecule has 3 rings (SSSR count). The molecule has 1 aliphatic heterocycles. The molecule has 1 aromatic rings. The maximum absolute atomic E-state index is 12.0. The number of rotatable bonds is 5. The highest BCUT2D eigenvalue weighted by molar-refractivity contribution is 7.90. The molecule has 108 valence electrons. The van der Waals surface area contributed by atoms with Gasteiger partial charge in [0.05, 0.1) is 4.90 Å². The van der Waals surface area contributed by atoms with Gasteiger partial charge in [0.1, 0.15) is 5.84 Å². The van der Waals surface area contributed by atoms with Crippen LogP contribution in [0.25, 0.3) is 0 Å². The maximum Gasteiger partial charge on any atom is 0.263 e. The highest BCUT2D eigenvalue weighted by atomic mass is 32.2. The predicted octanol–water partition coefficient (Wildman–Crippen LogP) is 1.54. The van der Waals surface area contributed by atoms with E-state index < -0.39 is 10.0 Å². The van der Waals surface area contributed by atoms with Gasteiger partial charge in [0.25, 0.3) is 10.0 Å². The lowest BCUT2D eigenvalue weighted by Crippen LogP contribution is -2.23. The molecule has 0 bridgehead atoms. The SMILES string of the molecule is COCCC1(CN=C2NS(=O)(=O)c3ccccc32)CC1. The van der Waals surface area contributed by atoms with E-state index in [1.165, 1.54) is 0 Å². The molecule has 0 atom stereocenters. The van der Waals surface area contributed by atoms with Gasteiger partial charge in [-0.15, -0.1) is 0 Å². The summed E-state index contributed by atoms with van der Waals surface area (Å²) in [6.07, 6.45) is 3.26. The summed E-state index contributed by atoms with van der Waals surface area (Å²) >= 11 is 0. The van der Waals surface area contributed by atoms with Crippen molar-refractivity contribution in [2.24, 2.45) is 10.4 Å². The summed E-state index contributed by atoms with van der Waals surface area (Å²) in [5.41, 5.74) is 0.890. The first-order valence-corrected chi connectivity index (χ1v) is 8.20. The van der Waals surface area contributed by atoms with Crippen molar-refractivity contribution in [2.45, 2.75) is 24.2 Å². The first-order valence-electron chi connectivity index (χ1n) is 6.72. The van der Waals surface area contributed by atoms with Gasteiger partial charge in [-0.2, -0.15) is 0 Å². The third-order valence-electron chi connectivity index (χ3n) is 4.03. The molecule has 0 unspecified atom stereocenters. The van der Waals surface area contributed by atoms with E-state index in [9.17, 15) is 8.42 Å². The monoisotopic (exact) mass is 294 g/mol. The molecule has 0 radical (unpaired) electrons. The van der Waals surface area contributed by atoms with Gasteiger partial charge >= 0.3 is 0 Å². The molecule has 1 heterocycles. The average Bonchev–Trinajstić information content (AvgIpc) is 3.16. The quantitative estimate of drug-likeness (QED) is 0.895. The summed E-state index contributed by atoms with van der Waals surface area (Å²) in [7, 11) is -1.73. The van der Waals surface area contributed by atoms with Crippen LogP contribution >= 0.6 is 0 Å². The first kappa shape index (κ1) is 13.6. The maximum atomic E-state index is 12.0. The molecule has 6 heteroatoms. The van der Waals surface area contributed by atoms with Gasteiger partial charge < -0.3 is 4.74 Å². The van der Waals surface area contributed by atoms with E-state index in [4.69, 9.17) is 4.74 Å². The largest absolute Gasteiger partial charge is 0.385 e. The number of ether oxygens (including phenoxy) is 1. The minimum absolute atomic E-state index is 0.214.